The molecule has 2 heterocycles. The summed E-state index contributed by atoms with van der Waals surface area (Å²) in [4.78, 5) is 11.8. The van der Waals surface area contributed by atoms with Crippen molar-refractivity contribution in [3.05, 3.63) is 71.2 Å². The highest BCUT2D eigenvalue weighted by Crippen LogP contribution is 2.37. The summed E-state index contributed by atoms with van der Waals surface area (Å²) in [7, 11) is -2.89. The first-order chi connectivity index (χ1) is 16.7. The number of benzene rings is 3. The molecule has 1 aliphatic rings. The van der Waals surface area contributed by atoms with Crippen LogP contribution < -0.4 is 14.8 Å². The highest BCUT2D eigenvalue weighted by Gasteiger charge is 2.28. The third-order valence-electron chi connectivity index (χ3n) is 5.71. The summed E-state index contributed by atoms with van der Waals surface area (Å²) in [6.45, 7) is 0.313. The molecule has 1 amide bonds. The minimum atomic E-state index is -4.27. The predicted octanol–water partition coefficient (Wildman–Crippen LogP) is 3.74. The van der Waals surface area contributed by atoms with Gasteiger partial charge in [-0.2, -0.15) is 5.10 Å². The van der Waals surface area contributed by atoms with Crippen LogP contribution in [-0.2, 0) is 16.4 Å². The number of halogens is 3. The number of carbonyl (C=O) groups excluding carboxylic acids is 1. The van der Waals surface area contributed by atoms with Crippen molar-refractivity contribution >= 4 is 32.5 Å². The molecular weight excluding hydrogens is 485 g/mol. The number of hydrogen-bond acceptors (Lipinski definition) is 5. The number of aromatic amines is 1. The Kier molecular flexibility index (Phi) is 5.39. The zero-order chi connectivity index (χ0) is 24.9. The number of H-pyrrole nitrogens is 1. The predicted molar refractivity (Wildman–Crippen MR) is 121 cm³/mol. The number of ether oxygens (including phenoxy) is 1. The zero-order valence-electron chi connectivity index (χ0n) is 18.1. The van der Waals surface area contributed by atoms with Gasteiger partial charge in [-0.05, 0) is 30.3 Å². The second kappa shape index (κ2) is 8.31. The summed E-state index contributed by atoms with van der Waals surface area (Å²) in [6.07, 6.45) is 0.358. The Morgan fingerprint density at radius 3 is 2.66 bits per heavy atom. The lowest BCUT2D eigenvalue weighted by Gasteiger charge is -2.14. The first-order valence-electron chi connectivity index (χ1n) is 10.4. The van der Waals surface area contributed by atoms with Crippen LogP contribution in [0.3, 0.4) is 0 Å². The monoisotopic (exact) mass is 502 g/mol. The van der Waals surface area contributed by atoms with Crippen molar-refractivity contribution < 1.29 is 31.1 Å². The van der Waals surface area contributed by atoms with Crippen molar-refractivity contribution in [2.75, 3.05) is 18.4 Å². The Balaban J connectivity index is 1.59. The fraction of sp³-hybridized carbons (Fsp3) is 0.130. The molecule has 0 saturated carbocycles. The topological polar surface area (TPSA) is 113 Å². The molecule has 3 aromatic carbocycles. The fourth-order valence-electron chi connectivity index (χ4n) is 4.06. The number of rotatable bonds is 5. The van der Waals surface area contributed by atoms with E-state index >= 15 is 8.78 Å². The maximum Gasteiger partial charge on any atom is 0.269 e. The Labute approximate surface area is 197 Å². The zero-order valence-corrected chi connectivity index (χ0v) is 18.9. The van der Waals surface area contributed by atoms with Gasteiger partial charge in [0.2, 0.25) is 0 Å². The minimum absolute atomic E-state index is 0.0187. The molecule has 0 unspecified atom stereocenters. The summed E-state index contributed by atoms with van der Waals surface area (Å²) < 4.78 is 79.0. The van der Waals surface area contributed by atoms with Crippen LogP contribution in [0.4, 0.5) is 18.9 Å². The Morgan fingerprint density at radius 2 is 1.89 bits per heavy atom. The molecule has 1 aliphatic heterocycles. The lowest BCUT2D eigenvalue weighted by atomic mass is 10.0. The van der Waals surface area contributed by atoms with Crippen LogP contribution in [0.1, 0.15) is 16.1 Å². The molecule has 12 heteroatoms. The highest BCUT2D eigenvalue weighted by molar-refractivity contribution is 7.92. The molecule has 0 saturated heterocycles. The quantitative estimate of drug-likeness (QED) is 0.385. The maximum atomic E-state index is 15.5. The standard InChI is InChI=1S/C23H17F3N4O4S/c1-27-23(31)22-13-6-5-12(19(25)21(13)28-29-22)18-14(24)7-8-15(20(18)26)30-35(32,33)17-4-2-3-16-11(17)9-10-34-16/h2-8,30H,9-10H2,1H3,(H,27,31)(H,28,29). The second-order valence-corrected chi connectivity index (χ2v) is 9.37. The number of nitrogens with one attached hydrogen (secondary N) is 3. The van der Waals surface area contributed by atoms with Gasteiger partial charge in [-0.3, -0.25) is 14.6 Å². The van der Waals surface area contributed by atoms with Crippen LogP contribution in [0.5, 0.6) is 5.75 Å². The number of hydrogen-bond donors (Lipinski definition) is 3. The molecule has 0 fully saturated rings. The largest absolute Gasteiger partial charge is 0.493 e. The Hall–Kier alpha value is -4.06. The number of anilines is 1. The number of carbonyl (C=O) groups is 1. The molecule has 4 aromatic rings. The molecule has 35 heavy (non-hydrogen) atoms. The van der Waals surface area contributed by atoms with Crippen molar-refractivity contribution in [3.8, 4) is 16.9 Å². The van der Waals surface area contributed by atoms with E-state index in [1.807, 2.05) is 0 Å². The number of aromatic nitrogens is 2. The van der Waals surface area contributed by atoms with Gasteiger partial charge in [-0.1, -0.05) is 12.1 Å². The van der Waals surface area contributed by atoms with Gasteiger partial charge in [0, 0.05) is 30.0 Å². The molecule has 0 radical (unpaired) electrons. The van der Waals surface area contributed by atoms with Crippen LogP contribution in [0.25, 0.3) is 22.0 Å². The second-order valence-electron chi connectivity index (χ2n) is 7.72. The molecule has 8 nitrogen and oxygen atoms in total. The van der Waals surface area contributed by atoms with Crippen LogP contribution in [0, 0.1) is 17.5 Å². The van der Waals surface area contributed by atoms with E-state index in [0.29, 0.717) is 24.3 Å². The average molecular weight is 502 g/mol. The van der Waals surface area contributed by atoms with Crippen molar-refractivity contribution in [1.82, 2.24) is 15.5 Å². The third-order valence-corrected chi connectivity index (χ3v) is 7.16. The highest BCUT2D eigenvalue weighted by atomic mass is 32.2. The van der Waals surface area contributed by atoms with Gasteiger partial charge in [0.15, 0.2) is 11.6 Å². The van der Waals surface area contributed by atoms with E-state index < -0.39 is 50.2 Å². The smallest absolute Gasteiger partial charge is 0.269 e. The molecule has 0 spiro atoms. The van der Waals surface area contributed by atoms with Crippen LogP contribution in [0.2, 0.25) is 0 Å². The van der Waals surface area contributed by atoms with E-state index in [-0.39, 0.29) is 21.5 Å². The van der Waals surface area contributed by atoms with E-state index in [2.05, 4.69) is 20.2 Å². The molecule has 3 N–H and O–H groups in total. The van der Waals surface area contributed by atoms with Gasteiger partial charge in [0.25, 0.3) is 15.9 Å². The van der Waals surface area contributed by atoms with Gasteiger partial charge in [-0.25, -0.2) is 21.6 Å². The maximum absolute atomic E-state index is 15.5. The SMILES string of the molecule is CNC(=O)c1[nH]nc2c(F)c(-c3c(F)ccc(NS(=O)(=O)c4cccc5c4CCO5)c3F)ccc12. The summed E-state index contributed by atoms with van der Waals surface area (Å²) in [5, 5.41) is 8.65. The molecule has 180 valence electrons. The summed E-state index contributed by atoms with van der Waals surface area (Å²) in [5.41, 5.74) is -1.70. The molecular formula is C23H17F3N4O4S. The minimum Gasteiger partial charge on any atom is -0.493 e. The summed E-state index contributed by atoms with van der Waals surface area (Å²) in [6, 6.07) is 8.62. The third kappa shape index (κ3) is 3.66. The van der Waals surface area contributed by atoms with Crippen LogP contribution in [-0.4, -0.2) is 38.2 Å². The number of fused-ring (bicyclic) bond motifs is 2. The Bertz CT molecular complexity index is 1620. The molecule has 0 bridgehead atoms. The van der Waals surface area contributed by atoms with Gasteiger partial charge in [0.1, 0.15) is 22.8 Å². The summed E-state index contributed by atoms with van der Waals surface area (Å²) >= 11 is 0. The van der Waals surface area contributed by atoms with Crippen LogP contribution >= 0.6 is 0 Å². The van der Waals surface area contributed by atoms with Gasteiger partial charge in [0.05, 0.1) is 22.8 Å². The van der Waals surface area contributed by atoms with Crippen molar-refractivity contribution in [2.45, 2.75) is 11.3 Å². The number of nitrogens with zero attached hydrogens (tertiary/aromatic N) is 1. The normalized spacial score (nSPS) is 12.9. The fourth-order valence-corrected chi connectivity index (χ4v) is 5.40. The van der Waals surface area contributed by atoms with Gasteiger partial charge in [-0.15, -0.1) is 0 Å². The molecule has 0 atom stereocenters. The van der Waals surface area contributed by atoms with Gasteiger partial charge < -0.3 is 10.1 Å². The van der Waals surface area contributed by atoms with Gasteiger partial charge >= 0.3 is 0 Å². The van der Waals surface area contributed by atoms with Crippen molar-refractivity contribution in [3.63, 3.8) is 0 Å². The first kappa shape index (κ1) is 22.7. The Morgan fingerprint density at radius 1 is 1.09 bits per heavy atom. The van der Waals surface area contributed by atoms with E-state index in [0.717, 1.165) is 18.2 Å². The van der Waals surface area contributed by atoms with E-state index in [1.165, 1.54) is 25.2 Å². The van der Waals surface area contributed by atoms with Crippen LogP contribution in [0.15, 0.2) is 47.4 Å². The van der Waals surface area contributed by atoms with Crippen molar-refractivity contribution in [2.24, 2.45) is 0 Å². The molecule has 1 aromatic heterocycles. The average Bonchev–Trinajstić information content (AvgIpc) is 3.49. The van der Waals surface area contributed by atoms with E-state index in [9.17, 15) is 17.6 Å². The molecule has 5 rings (SSSR count). The number of amides is 1. The molecule has 0 aliphatic carbocycles. The van der Waals surface area contributed by atoms with E-state index in [1.54, 1.807) is 6.07 Å². The summed E-state index contributed by atoms with van der Waals surface area (Å²) in [5.74, 6) is -3.63. The van der Waals surface area contributed by atoms with E-state index in [4.69, 9.17) is 4.74 Å². The number of sulfonamides is 1. The van der Waals surface area contributed by atoms with Crippen molar-refractivity contribution in [1.29, 1.82) is 0 Å². The first-order valence-corrected chi connectivity index (χ1v) is 11.9. The lowest BCUT2D eigenvalue weighted by Crippen LogP contribution is -2.18. The lowest BCUT2D eigenvalue weighted by molar-refractivity contribution is 0.0959.